The standard InChI is InChI=1S/C51H60N2O8S/c1-3-29-59-51-47(53(2)50(56)58-35-37-17-7-4-8-18-37)34-45(52-60-36-38-19-9-5-10-20-38)43-32-39(21-13-15-27-54)42(24-14-16-28-55)48(49(43)51)44-33-40(25-26-46(44)61-51)57-30-31-62-41-22-11-6-12-23-41/h3-12,17-20,22-23,25-26,32-33,39,42,47-49,54-55H,1,13-16,21,24,27-31,34-36H2,2H3/t39-,42+,47-,48+,49+,51+/m0/s1. The Morgan fingerprint density at radius 1 is 0.903 bits per heavy atom. The summed E-state index contributed by atoms with van der Waals surface area (Å²) in [5, 5.41) is 24.8. The molecule has 7 rings (SSSR count). The van der Waals surface area contributed by atoms with Crippen molar-refractivity contribution in [2.75, 3.05) is 39.2 Å². The van der Waals surface area contributed by atoms with Crippen LogP contribution in [0, 0.1) is 17.8 Å². The van der Waals surface area contributed by atoms with Gasteiger partial charge in [-0.3, -0.25) is 0 Å². The largest absolute Gasteiger partial charge is 0.493 e. The quantitative estimate of drug-likeness (QED) is 0.0345. The SMILES string of the molecule is C=CCO[C@@]12Oc3ccc(OCCSc4ccccc4)cc3[C@H]3[C@H](CCCCO)[C@@H](CCCCO)C=C(C(=NOCc4ccccc4)C[C@@H]1N(C)C(=O)OCc1ccccc1)[C@H]32. The van der Waals surface area contributed by atoms with E-state index in [1.54, 1.807) is 29.8 Å². The van der Waals surface area contributed by atoms with Crippen molar-refractivity contribution < 1.29 is 38.8 Å². The minimum Gasteiger partial charge on any atom is -0.493 e. The number of fused-ring (bicyclic) bond motifs is 2. The van der Waals surface area contributed by atoms with E-state index >= 15 is 0 Å². The van der Waals surface area contributed by atoms with E-state index in [4.69, 9.17) is 28.9 Å². The molecular weight excluding hydrogens is 801 g/mol. The van der Waals surface area contributed by atoms with Crippen LogP contribution in [0.5, 0.6) is 11.5 Å². The van der Waals surface area contributed by atoms with Crippen LogP contribution in [0.25, 0.3) is 0 Å². The van der Waals surface area contributed by atoms with E-state index in [0.717, 1.165) is 65.2 Å². The Morgan fingerprint density at radius 3 is 2.27 bits per heavy atom. The fourth-order valence-electron chi connectivity index (χ4n) is 9.36. The number of benzene rings is 4. The maximum Gasteiger partial charge on any atom is 0.410 e. The zero-order chi connectivity index (χ0) is 43.2. The van der Waals surface area contributed by atoms with Gasteiger partial charge in [-0.2, -0.15) is 0 Å². The van der Waals surface area contributed by atoms with Gasteiger partial charge >= 0.3 is 6.09 Å². The maximum absolute atomic E-state index is 14.2. The van der Waals surface area contributed by atoms with Gasteiger partial charge in [-0.15, -0.1) is 18.3 Å². The number of allylic oxidation sites excluding steroid dienone is 1. The number of carbonyl (C=O) groups is 1. The van der Waals surface area contributed by atoms with E-state index in [0.29, 0.717) is 25.2 Å². The molecule has 0 unspecified atom stereocenters. The van der Waals surface area contributed by atoms with Crippen molar-refractivity contribution in [2.24, 2.45) is 22.9 Å². The summed E-state index contributed by atoms with van der Waals surface area (Å²) in [6, 6.07) is 35.2. The molecule has 0 aromatic heterocycles. The number of nitrogens with zero attached hydrogens (tertiary/aromatic N) is 2. The van der Waals surface area contributed by atoms with E-state index in [-0.39, 0.29) is 57.2 Å². The number of rotatable bonds is 22. The van der Waals surface area contributed by atoms with Crippen LogP contribution in [0.1, 0.15) is 67.6 Å². The Labute approximate surface area is 370 Å². The van der Waals surface area contributed by atoms with Gasteiger partial charge in [0.15, 0.2) is 0 Å². The molecule has 0 saturated heterocycles. The first kappa shape index (κ1) is 45.0. The van der Waals surface area contributed by atoms with Crippen molar-refractivity contribution in [1.29, 1.82) is 0 Å². The summed E-state index contributed by atoms with van der Waals surface area (Å²) >= 11 is 1.75. The summed E-state index contributed by atoms with van der Waals surface area (Å²) < 4.78 is 26.7. The zero-order valence-corrected chi connectivity index (χ0v) is 36.5. The molecule has 1 saturated carbocycles. The lowest BCUT2D eigenvalue weighted by Gasteiger charge is -2.59. The summed E-state index contributed by atoms with van der Waals surface area (Å²) in [7, 11) is 1.74. The average molecular weight is 861 g/mol. The normalized spacial score (nSPS) is 23.0. The smallest absolute Gasteiger partial charge is 0.410 e. The summed E-state index contributed by atoms with van der Waals surface area (Å²) in [5.41, 5.74) is 4.56. The molecule has 328 valence electrons. The van der Waals surface area contributed by atoms with E-state index in [2.05, 4.69) is 30.9 Å². The van der Waals surface area contributed by atoms with Gasteiger partial charge in [-0.05, 0) is 84.6 Å². The van der Waals surface area contributed by atoms with Gasteiger partial charge in [0.1, 0.15) is 30.8 Å². The van der Waals surface area contributed by atoms with Gasteiger partial charge < -0.3 is 38.9 Å². The first-order valence-electron chi connectivity index (χ1n) is 21.9. The molecule has 0 spiro atoms. The molecule has 62 heavy (non-hydrogen) atoms. The minimum absolute atomic E-state index is 0.0906. The number of oxime groups is 1. The molecule has 1 aliphatic heterocycles. The Morgan fingerprint density at radius 2 is 1.58 bits per heavy atom. The topological polar surface area (TPSA) is 119 Å². The van der Waals surface area contributed by atoms with Crippen LogP contribution < -0.4 is 9.47 Å². The van der Waals surface area contributed by atoms with E-state index in [1.165, 1.54) is 4.90 Å². The van der Waals surface area contributed by atoms with Gasteiger partial charge in [0, 0.05) is 48.8 Å². The third-order valence-electron chi connectivity index (χ3n) is 12.2. The molecule has 3 aliphatic rings. The lowest BCUT2D eigenvalue weighted by Crippen LogP contribution is -2.69. The summed E-state index contributed by atoms with van der Waals surface area (Å²) in [4.78, 5) is 23.2. The van der Waals surface area contributed by atoms with Gasteiger partial charge in [0.05, 0.1) is 24.8 Å². The van der Waals surface area contributed by atoms with Crippen LogP contribution >= 0.6 is 11.8 Å². The van der Waals surface area contributed by atoms with Crippen molar-refractivity contribution in [3.8, 4) is 11.5 Å². The molecule has 2 aliphatic carbocycles. The number of unbranched alkanes of at least 4 members (excludes halogenated alkanes) is 2. The second-order valence-electron chi connectivity index (χ2n) is 16.2. The van der Waals surface area contributed by atoms with Crippen molar-refractivity contribution in [3.05, 3.63) is 150 Å². The number of thioether (sulfide) groups is 1. The molecular formula is C51H60N2O8S. The molecule has 1 amide bonds. The Balaban J connectivity index is 1.33. The number of aliphatic hydroxyl groups excluding tert-OH is 2. The molecule has 1 heterocycles. The second kappa shape index (κ2) is 22.3. The predicted molar refractivity (Wildman–Crippen MR) is 243 cm³/mol. The highest BCUT2D eigenvalue weighted by Gasteiger charge is 2.65. The molecule has 1 fully saturated rings. The van der Waals surface area contributed by atoms with Crippen LogP contribution in [0.2, 0.25) is 0 Å². The van der Waals surface area contributed by atoms with E-state index in [1.807, 2.05) is 91.0 Å². The number of likely N-dealkylation sites (N-methyl/N-ethyl adjacent to an activating group) is 1. The molecule has 4 aromatic rings. The van der Waals surface area contributed by atoms with Crippen molar-refractivity contribution >= 4 is 23.6 Å². The zero-order valence-electron chi connectivity index (χ0n) is 35.7. The lowest BCUT2D eigenvalue weighted by molar-refractivity contribution is -0.253. The molecule has 0 bridgehead atoms. The average Bonchev–Trinajstić information content (AvgIpc) is 3.31. The van der Waals surface area contributed by atoms with Crippen LogP contribution in [-0.2, 0) is 27.5 Å². The molecule has 4 aromatic carbocycles. The number of aliphatic hydroxyl groups is 2. The van der Waals surface area contributed by atoms with Crippen LogP contribution in [0.3, 0.4) is 0 Å². The molecule has 6 atom stereocenters. The maximum atomic E-state index is 14.2. The number of hydrogen-bond donors (Lipinski definition) is 2. The fraction of sp³-hybridized carbons (Fsp3) is 0.412. The Kier molecular flexibility index (Phi) is 16.2. The van der Waals surface area contributed by atoms with Crippen LogP contribution in [0.15, 0.2) is 144 Å². The van der Waals surface area contributed by atoms with Gasteiger partial charge in [-0.1, -0.05) is 109 Å². The van der Waals surface area contributed by atoms with E-state index in [9.17, 15) is 15.0 Å². The molecule has 0 radical (unpaired) electrons. The van der Waals surface area contributed by atoms with Crippen molar-refractivity contribution in [3.63, 3.8) is 0 Å². The number of amides is 1. The Hall–Kier alpha value is -5.07. The minimum atomic E-state index is -1.38. The number of carbonyl (C=O) groups excluding carboxylic acids is 1. The second-order valence-corrected chi connectivity index (χ2v) is 17.4. The highest BCUT2D eigenvalue weighted by atomic mass is 32.2. The lowest BCUT2D eigenvalue weighted by atomic mass is 9.55. The first-order chi connectivity index (χ1) is 30.5. The molecule has 2 N–H and O–H groups in total. The fourth-order valence-corrected chi connectivity index (χ4v) is 10.1. The summed E-state index contributed by atoms with van der Waals surface area (Å²) in [6.45, 7) is 5.32. The van der Waals surface area contributed by atoms with Crippen LogP contribution in [-0.4, -0.2) is 78.0 Å². The third-order valence-corrected chi connectivity index (χ3v) is 13.2. The van der Waals surface area contributed by atoms with Crippen LogP contribution in [0.4, 0.5) is 4.79 Å². The number of ether oxygens (including phenoxy) is 4. The molecule has 10 nitrogen and oxygen atoms in total. The predicted octanol–water partition coefficient (Wildman–Crippen LogP) is 9.96. The molecule has 11 heteroatoms. The van der Waals surface area contributed by atoms with Gasteiger partial charge in [-0.25, -0.2) is 4.79 Å². The highest BCUT2D eigenvalue weighted by Crippen LogP contribution is 2.62. The number of hydrogen-bond acceptors (Lipinski definition) is 10. The Bertz CT molecular complexity index is 2100. The monoisotopic (exact) mass is 860 g/mol. The summed E-state index contributed by atoms with van der Waals surface area (Å²) in [6.07, 6.45) is 8.55. The first-order valence-corrected chi connectivity index (χ1v) is 22.9. The summed E-state index contributed by atoms with van der Waals surface area (Å²) in [5.74, 6) is 0.411. The van der Waals surface area contributed by atoms with Gasteiger partial charge in [0.2, 0.25) is 5.79 Å². The van der Waals surface area contributed by atoms with E-state index < -0.39 is 23.8 Å². The van der Waals surface area contributed by atoms with Crippen molar-refractivity contribution in [1.82, 2.24) is 4.90 Å². The third kappa shape index (κ3) is 10.7. The highest BCUT2D eigenvalue weighted by molar-refractivity contribution is 7.99. The van der Waals surface area contributed by atoms with Crippen molar-refractivity contribution in [2.45, 2.75) is 80.8 Å². The van der Waals surface area contributed by atoms with Gasteiger partial charge in [0.25, 0.3) is 0 Å².